The molecule has 5 nitrogen and oxygen atoms in total. The predicted molar refractivity (Wildman–Crippen MR) is 133 cm³/mol. The standard InChI is InChI=1S/C29H29FO5/c30-26-17-12-23(13-18-26)20-35-27-7-3-2-6-24(27)14-9-21(5-1-4-8-28(31)32)19-22-10-15-25(16-11-22)29(33)34/h2-3,6-7,9-18,21H,1,4-5,8,19-20H2,(H,31,32)(H,33,34). The number of para-hydroxylation sites is 1. The summed E-state index contributed by atoms with van der Waals surface area (Å²) >= 11 is 0. The number of unbranched alkanes of at least 4 members (excludes halogenated alkanes) is 1. The monoisotopic (exact) mass is 476 g/mol. The lowest BCUT2D eigenvalue weighted by Gasteiger charge is -2.14. The Labute approximate surface area is 204 Å². The van der Waals surface area contributed by atoms with E-state index in [2.05, 4.69) is 6.08 Å². The molecule has 0 fully saturated rings. The highest BCUT2D eigenvalue weighted by molar-refractivity contribution is 5.87. The van der Waals surface area contributed by atoms with Crippen LogP contribution in [0, 0.1) is 11.7 Å². The maximum Gasteiger partial charge on any atom is 0.335 e. The minimum Gasteiger partial charge on any atom is -0.488 e. The van der Waals surface area contributed by atoms with E-state index >= 15 is 0 Å². The van der Waals surface area contributed by atoms with E-state index in [1.807, 2.05) is 42.5 Å². The Kier molecular flexibility index (Phi) is 9.60. The Balaban J connectivity index is 1.70. The van der Waals surface area contributed by atoms with Crippen LogP contribution in [0.2, 0.25) is 0 Å². The largest absolute Gasteiger partial charge is 0.488 e. The van der Waals surface area contributed by atoms with Gasteiger partial charge < -0.3 is 14.9 Å². The molecule has 0 aliphatic carbocycles. The van der Waals surface area contributed by atoms with Gasteiger partial charge in [0, 0.05) is 12.0 Å². The first-order chi connectivity index (χ1) is 16.9. The van der Waals surface area contributed by atoms with Crippen molar-refractivity contribution in [1.82, 2.24) is 0 Å². The number of hydrogen-bond donors (Lipinski definition) is 2. The molecule has 0 aromatic heterocycles. The van der Waals surface area contributed by atoms with Gasteiger partial charge in [-0.05, 0) is 66.6 Å². The molecular formula is C29H29FO5. The maximum atomic E-state index is 13.1. The highest BCUT2D eigenvalue weighted by atomic mass is 19.1. The molecule has 3 rings (SSSR count). The van der Waals surface area contributed by atoms with Crippen LogP contribution in [0.3, 0.4) is 0 Å². The molecule has 0 heterocycles. The van der Waals surface area contributed by atoms with E-state index in [1.54, 1.807) is 24.3 Å². The fraction of sp³-hybridized carbons (Fsp3) is 0.241. The molecule has 0 aliphatic heterocycles. The van der Waals surface area contributed by atoms with Gasteiger partial charge in [-0.1, -0.05) is 61.0 Å². The molecule has 0 amide bonds. The summed E-state index contributed by atoms with van der Waals surface area (Å²) in [6.45, 7) is 0.319. The number of benzene rings is 3. The Bertz CT molecular complexity index is 1140. The summed E-state index contributed by atoms with van der Waals surface area (Å²) in [6.07, 6.45) is 7.15. The maximum absolute atomic E-state index is 13.1. The van der Waals surface area contributed by atoms with Crippen LogP contribution < -0.4 is 4.74 Å². The minimum atomic E-state index is -0.959. The van der Waals surface area contributed by atoms with Gasteiger partial charge >= 0.3 is 11.9 Å². The number of allylic oxidation sites excluding steroid dienone is 1. The van der Waals surface area contributed by atoms with E-state index in [0.717, 1.165) is 29.5 Å². The first-order valence-electron chi connectivity index (χ1n) is 11.6. The fourth-order valence-corrected chi connectivity index (χ4v) is 3.77. The van der Waals surface area contributed by atoms with Gasteiger partial charge in [-0.25, -0.2) is 9.18 Å². The summed E-state index contributed by atoms with van der Waals surface area (Å²) < 4.78 is 19.1. The quantitative estimate of drug-likeness (QED) is 0.271. The molecular weight excluding hydrogens is 447 g/mol. The second-order valence-electron chi connectivity index (χ2n) is 8.42. The van der Waals surface area contributed by atoms with Crippen LogP contribution in [0.15, 0.2) is 78.9 Å². The van der Waals surface area contributed by atoms with Gasteiger partial charge in [-0.2, -0.15) is 0 Å². The van der Waals surface area contributed by atoms with E-state index in [9.17, 15) is 14.0 Å². The predicted octanol–water partition coefficient (Wildman–Crippen LogP) is 6.62. The molecule has 0 saturated heterocycles. The zero-order valence-electron chi connectivity index (χ0n) is 19.4. The van der Waals surface area contributed by atoms with Crippen molar-refractivity contribution >= 4 is 18.0 Å². The number of aliphatic carboxylic acids is 1. The number of hydrogen-bond acceptors (Lipinski definition) is 3. The zero-order valence-corrected chi connectivity index (χ0v) is 19.4. The molecule has 2 N–H and O–H groups in total. The second kappa shape index (κ2) is 13.1. The lowest BCUT2D eigenvalue weighted by Crippen LogP contribution is -2.04. The highest BCUT2D eigenvalue weighted by Gasteiger charge is 2.10. The van der Waals surface area contributed by atoms with Crippen molar-refractivity contribution in [3.8, 4) is 5.75 Å². The first kappa shape index (κ1) is 25.7. The van der Waals surface area contributed by atoms with Crippen LogP contribution >= 0.6 is 0 Å². The number of halogens is 1. The SMILES string of the molecule is O=C(O)CCCCC(C=Cc1ccccc1OCc1ccc(F)cc1)Cc1ccc(C(=O)O)cc1. The van der Waals surface area contributed by atoms with Crippen LogP contribution in [0.5, 0.6) is 5.75 Å². The molecule has 35 heavy (non-hydrogen) atoms. The van der Waals surface area contributed by atoms with E-state index in [4.69, 9.17) is 14.9 Å². The van der Waals surface area contributed by atoms with Gasteiger partial charge in [0.25, 0.3) is 0 Å². The fourth-order valence-electron chi connectivity index (χ4n) is 3.77. The lowest BCUT2D eigenvalue weighted by molar-refractivity contribution is -0.137. The second-order valence-corrected chi connectivity index (χ2v) is 8.42. The van der Waals surface area contributed by atoms with Crippen LogP contribution in [-0.4, -0.2) is 22.2 Å². The van der Waals surface area contributed by atoms with Gasteiger partial charge in [0.15, 0.2) is 0 Å². The van der Waals surface area contributed by atoms with E-state index in [1.165, 1.54) is 12.1 Å². The molecule has 1 atom stereocenters. The van der Waals surface area contributed by atoms with Gasteiger partial charge in [-0.3, -0.25) is 4.79 Å². The number of aromatic carboxylic acids is 1. The molecule has 0 spiro atoms. The summed E-state index contributed by atoms with van der Waals surface area (Å²) in [5, 5.41) is 18.0. The molecule has 0 saturated carbocycles. The molecule has 0 radical (unpaired) electrons. The van der Waals surface area contributed by atoms with Gasteiger partial charge in [0.1, 0.15) is 18.2 Å². The van der Waals surface area contributed by atoms with E-state index in [-0.39, 0.29) is 23.7 Å². The number of carbonyl (C=O) groups is 2. The zero-order chi connectivity index (χ0) is 25.0. The minimum absolute atomic E-state index is 0.143. The van der Waals surface area contributed by atoms with Crippen LogP contribution in [0.1, 0.15) is 52.7 Å². The van der Waals surface area contributed by atoms with Crippen molar-refractivity contribution in [2.45, 2.75) is 38.7 Å². The highest BCUT2D eigenvalue weighted by Crippen LogP contribution is 2.24. The van der Waals surface area contributed by atoms with Gasteiger partial charge in [0.05, 0.1) is 5.56 Å². The molecule has 182 valence electrons. The Hall–Kier alpha value is -3.93. The van der Waals surface area contributed by atoms with Crippen LogP contribution in [-0.2, 0) is 17.8 Å². The van der Waals surface area contributed by atoms with Crippen molar-refractivity contribution in [2.24, 2.45) is 5.92 Å². The first-order valence-corrected chi connectivity index (χ1v) is 11.6. The normalized spacial score (nSPS) is 11.9. The Morgan fingerprint density at radius 1 is 0.886 bits per heavy atom. The van der Waals surface area contributed by atoms with Crippen molar-refractivity contribution < 1.29 is 28.9 Å². The number of carboxylic acid groups (broad SMARTS) is 2. The van der Waals surface area contributed by atoms with Crippen LogP contribution in [0.25, 0.3) is 6.08 Å². The summed E-state index contributed by atoms with van der Waals surface area (Å²) in [5.74, 6) is -1.19. The third-order valence-corrected chi connectivity index (χ3v) is 5.69. The molecule has 1 unspecified atom stereocenters. The van der Waals surface area contributed by atoms with E-state index in [0.29, 0.717) is 25.2 Å². The third kappa shape index (κ3) is 8.74. The topological polar surface area (TPSA) is 83.8 Å². The average Bonchev–Trinajstić information content (AvgIpc) is 2.85. The molecule has 6 heteroatoms. The lowest BCUT2D eigenvalue weighted by atomic mass is 9.92. The smallest absolute Gasteiger partial charge is 0.335 e. The van der Waals surface area contributed by atoms with Crippen LogP contribution in [0.4, 0.5) is 4.39 Å². The number of ether oxygens (including phenoxy) is 1. The number of carboxylic acids is 2. The molecule has 0 bridgehead atoms. The average molecular weight is 477 g/mol. The van der Waals surface area contributed by atoms with Crippen molar-refractivity contribution in [3.05, 3.63) is 107 Å². The summed E-state index contributed by atoms with van der Waals surface area (Å²) in [6, 6.07) is 20.7. The summed E-state index contributed by atoms with van der Waals surface area (Å²) in [5.41, 5.74) is 3.04. The molecule has 3 aromatic carbocycles. The summed E-state index contributed by atoms with van der Waals surface area (Å²) in [7, 11) is 0. The third-order valence-electron chi connectivity index (χ3n) is 5.69. The summed E-state index contributed by atoms with van der Waals surface area (Å²) in [4.78, 5) is 22.0. The van der Waals surface area contributed by atoms with E-state index < -0.39 is 11.9 Å². The Morgan fingerprint density at radius 2 is 1.57 bits per heavy atom. The number of rotatable bonds is 13. The van der Waals surface area contributed by atoms with Crippen molar-refractivity contribution in [1.29, 1.82) is 0 Å². The van der Waals surface area contributed by atoms with Gasteiger partial charge in [-0.15, -0.1) is 0 Å². The molecule has 3 aromatic rings. The Morgan fingerprint density at radius 3 is 2.26 bits per heavy atom. The molecule has 0 aliphatic rings. The van der Waals surface area contributed by atoms with Crippen molar-refractivity contribution in [2.75, 3.05) is 0 Å². The van der Waals surface area contributed by atoms with Crippen molar-refractivity contribution in [3.63, 3.8) is 0 Å². The van der Waals surface area contributed by atoms with Gasteiger partial charge in [0.2, 0.25) is 0 Å².